The summed E-state index contributed by atoms with van der Waals surface area (Å²) in [7, 11) is 1.44. The number of methoxy groups -OCH3 is 1. The van der Waals surface area contributed by atoms with E-state index >= 15 is 0 Å². The molecule has 3 rings (SSSR count). The van der Waals surface area contributed by atoms with E-state index in [0.29, 0.717) is 0 Å². The fourth-order valence-corrected chi connectivity index (χ4v) is 4.08. The van der Waals surface area contributed by atoms with Crippen LogP contribution in [0.5, 0.6) is 0 Å². The van der Waals surface area contributed by atoms with Crippen LogP contribution in [0.3, 0.4) is 0 Å². The number of carbonyl (C=O) groups excluding carboxylic acids is 1. The molecule has 1 fully saturated rings. The van der Waals surface area contributed by atoms with Gasteiger partial charge in [0.05, 0.1) is 13.0 Å². The van der Waals surface area contributed by atoms with Gasteiger partial charge < -0.3 is 10.1 Å². The largest absolute Gasteiger partial charge is 0.469 e. The van der Waals surface area contributed by atoms with Crippen LogP contribution in [-0.4, -0.2) is 40.3 Å². The van der Waals surface area contributed by atoms with Crippen LogP contribution >= 0.6 is 23.1 Å². The van der Waals surface area contributed by atoms with E-state index in [2.05, 4.69) is 20.3 Å². The first kappa shape index (κ1) is 14.5. The fraction of sp³-hybridized carbons (Fsp3) is 0.538. The van der Waals surface area contributed by atoms with Gasteiger partial charge in [0.15, 0.2) is 9.99 Å². The molecule has 112 valence electrons. The second kappa shape index (κ2) is 6.15. The average Bonchev–Trinajstić information content (AvgIpc) is 3.13. The summed E-state index contributed by atoms with van der Waals surface area (Å²) in [6, 6.07) is 0.243. The van der Waals surface area contributed by atoms with Crippen LogP contribution in [0.4, 0.5) is 5.82 Å². The lowest BCUT2D eigenvalue weighted by Gasteiger charge is -2.13. The number of hydrogen-bond acceptors (Lipinski definition) is 8. The second-order valence-electron chi connectivity index (χ2n) is 4.93. The molecule has 2 atom stereocenters. The molecular weight excluding hydrogens is 308 g/mol. The quantitative estimate of drug-likeness (QED) is 0.684. The SMILES string of the molecule is COC(=O)[C@H]1CC[C@@H](Nc2ncnc3nc(SC)sc23)C1. The van der Waals surface area contributed by atoms with Crippen molar-refractivity contribution in [1.29, 1.82) is 0 Å². The number of thioether (sulfide) groups is 1. The van der Waals surface area contributed by atoms with E-state index < -0.39 is 0 Å². The van der Waals surface area contributed by atoms with Crippen LogP contribution in [0.2, 0.25) is 0 Å². The Bertz CT molecular complexity index is 661. The van der Waals surface area contributed by atoms with Crippen LogP contribution in [0.15, 0.2) is 10.7 Å². The number of fused-ring (bicyclic) bond motifs is 1. The van der Waals surface area contributed by atoms with E-state index in [1.165, 1.54) is 13.4 Å². The standard InChI is InChI=1S/C13H16N4O2S2/c1-19-12(18)7-3-4-8(5-7)16-10-9-11(15-6-14-10)17-13(20-2)21-9/h6-8H,3-5H2,1-2H3,(H,14,15,16)/t7-,8+/m0/s1. The number of aromatic nitrogens is 3. The Morgan fingerprint density at radius 2 is 2.33 bits per heavy atom. The summed E-state index contributed by atoms with van der Waals surface area (Å²) < 4.78 is 6.77. The van der Waals surface area contributed by atoms with E-state index in [1.54, 1.807) is 23.1 Å². The van der Waals surface area contributed by atoms with Crippen molar-refractivity contribution in [1.82, 2.24) is 15.0 Å². The molecule has 1 N–H and O–H groups in total. The molecule has 2 aromatic heterocycles. The van der Waals surface area contributed by atoms with Crippen molar-refractivity contribution < 1.29 is 9.53 Å². The monoisotopic (exact) mass is 324 g/mol. The van der Waals surface area contributed by atoms with Gasteiger partial charge in [-0.25, -0.2) is 15.0 Å². The third-order valence-corrected chi connectivity index (χ3v) is 5.69. The van der Waals surface area contributed by atoms with Crippen LogP contribution in [0, 0.1) is 5.92 Å². The maximum absolute atomic E-state index is 11.6. The zero-order valence-electron chi connectivity index (χ0n) is 11.8. The average molecular weight is 324 g/mol. The molecule has 21 heavy (non-hydrogen) atoms. The van der Waals surface area contributed by atoms with Gasteiger partial charge in [0.25, 0.3) is 0 Å². The van der Waals surface area contributed by atoms with Crippen LogP contribution < -0.4 is 5.32 Å². The highest BCUT2D eigenvalue weighted by Crippen LogP contribution is 2.34. The van der Waals surface area contributed by atoms with Gasteiger partial charge in [-0.05, 0) is 25.5 Å². The molecule has 0 aliphatic heterocycles. The second-order valence-corrected chi connectivity index (χ2v) is 6.99. The van der Waals surface area contributed by atoms with Gasteiger partial charge in [-0.2, -0.15) is 0 Å². The predicted octanol–water partition coefficient (Wildman–Crippen LogP) is 2.56. The Labute approximate surface area is 130 Å². The molecule has 0 amide bonds. The topological polar surface area (TPSA) is 77.0 Å². The van der Waals surface area contributed by atoms with Crippen LogP contribution in [0.1, 0.15) is 19.3 Å². The molecule has 1 aliphatic rings. The minimum atomic E-state index is -0.116. The Morgan fingerprint density at radius 1 is 1.48 bits per heavy atom. The zero-order valence-corrected chi connectivity index (χ0v) is 13.5. The molecule has 0 radical (unpaired) electrons. The Balaban J connectivity index is 1.76. The zero-order chi connectivity index (χ0) is 14.8. The number of nitrogens with zero attached hydrogens (tertiary/aromatic N) is 3. The van der Waals surface area contributed by atoms with Gasteiger partial charge in [0.2, 0.25) is 0 Å². The Hall–Kier alpha value is -1.41. The summed E-state index contributed by atoms with van der Waals surface area (Å²) in [6.45, 7) is 0. The molecule has 6 nitrogen and oxygen atoms in total. The van der Waals surface area contributed by atoms with Crippen molar-refractivity contribution in [2.24, 2.45) is 5.92 Å². The van der Waals surface area contributed by atoms with Gasteiger partial charge in [-0.1, -0.05) is 11.8 Å². The Kier molecular flexibility index (Phi) is 4.25. The fourth-order valence-electron chi connectivity index (χ4n) is 2.61. The number of rotatable bonds is 4. The van der Waals surface area contributed by atoms with E-state index in [-0.39, 0.29) is 17.9 Å². The molecule has 0 spiro atoms. The molecule has 8 heteroatoms. The third kappa shape index (κ3) is 2.96. The van der Waals surface area contributed by atoms with Crippen molar-refractivity contribution in [2.75, 3.05) is 18.7 Å². The highest BCUT2D eigenvalue weighted by atomic mass is 32.2. The summed E-state index contributed by atoms with van der Waals surface area (Å²) >= 11 is 3.20. The van der Waals surface area contributed by atoms with Gasteiger partial charge in [0.1, 0.15) is 16.8 Å². The van der Waals surface area contributed by atoms with E-state index in [4.69, 9.17) is 4.74 Å². The number of esters is 1. The highest BCUT2D eigenvalue weighted by Gasteiger charge is 2.31. The van der Waals surface area contributed by atoms with Crippen molar-refractivity contribution in [3.05, 3.63) is 6.33 Å². The van der Waals surface area contributed by atoms with Gasteiger partial charge >= 0.3 is 5.97 Å². The minimum Gasteiger partial charge on any atom is -0.469 e. The first-order valence-electron chi connectivity index (χ1n) is 6.71. The summed E-state index contributed by atoms with van der Waals surface area (Å²) in [5, 5.41) is 3.43. The van der Waals surface area contributed by atoms with Crippen molar-refractivity contribution in [3.8, 4) is 0 Å². The van der Waals surface area contributed by atoms with E-state index in [1.807, 2.05) is 6.26 Å². The van der Waals surface area contributed by atoms with E-state index in [0.717, 1.165) is 39.8 Å². The molecule has 0 bridgehead atoms. The highest BCUT2D eigenvalue weighted by molar-refractivity contribution is 8.00. The lowest BCUT2D eigenvalue weighted by Crippen LogP contribution is -2.19. The number of carbonyl (C=O) groups is 1. The van der Waals surface area contributed by atoms with E-state index in [9.17, 15) is 4.79 Å². The Morgan fingerprint density at radius 3 is 3.10 bits per heavy atom. The molecule has 1 aliphatic carbocycles. The van der Waals surface area contributed by atoms with Crippen molar-refractivity contribution in [3.63, 3.8) is 0 Å². The first-order chi connectivity index (χ1) is 10.2. The number of hydrogen-bond donors (Lipinski definition) is 1. The first-order valence-corrected chi connectivity index (χ1v) is 8.75. The summed E-state index contributed by atoms with van der Waals surface area (Å²) in [6.07, 6.45) is 6.11. The minimum absolute atomic E-state index is 0.00644. The van der Waals surface area contributed by atoms with Gasteiger partial charge in [0, 0.05) is 6.04 Å². The third-order valence-electron chi connectivity index (χ3n) is 3.65. The molecule has 1 saturated carbocycles. The molecule has 0 saturated heterocycles. The van der Waals surface area contributed by atoms with Crippen LogP contribution in [-0.2, 0) is 9.53 Å². The number of nitrogens with one attached hydrogen (secondary N) is 1. The maximum atomic E-state index is 11.6. The lowest BCUT2D eigenvalue weighted by molar-refractivity contribution is -0.145. The van der Waals surface area contributed by atoms with Gasteiger partial charge in [-0.3, -0.25) is 4.79 Å². The van der Waals surface area contributed by atoms with Crippen molar-refractivity contribution >= 4 is 45.2 Å². The summed E-state index contributed by atoms with van der Waals surface area (Å²) in [5.74, 6) is 0.691. The molecule has 2 heterocycles. The lowest BCUT2D eigenvalue weighted by atomic mass is 10.1. The molecular formula is C13H16N4O2S2. The normalized spacial score (nSPS) is 21.6. The maximum Gasteiger partial charge on any atom is 0.308 e. The van der Waals surface area contributed by atoms with Crippen LogP contribution in [0.25, 0.3) is 10.3 Å². The number of anilines is 1. The predicted molar refractivity (Wildman–Crippen MR) is 83.8 cm³/mol. The summed E-state index contributed by atoms with van der Waals surface area (Å²) in [5.41, 5.74) is 0.726. The van der Waals surface area contributed by atoms with Crippen molar-refractivity contribution in [2.45, 2.75) is 29.6 Å². The van der Waals surface area contributed by atoms with Gasteiger partial charge in [-0.15, -0.1) is 11.3 Å². The molecule has 2 aromatic rings. The number of ether oxygens (including phenoxy) is 1. The smallest absolute Gasteiger partial charge is 0.308 e. The summed E-state index contributed by atoms with van der Waals surface area (Å²) in [4.78, 5) is 24.6. The molecule has 0 unspecified atom stereocenters. The number of thiazole rings is 1. The molecule has 0 aromatic carbocycles.